The molecule has 0 N–H and O–H groups in total. The lowest BCUT2D eigenvalue weighted by atomic mass is 9.90. The fourth-order valence-electron chi connectivity index (χ4n) is 6.00. The van der Waals surface area contributed by atoms with Crippen LogP contribution in [-0.4, -0.2) is 159 Å². The molecule has 0 unspecified atom stereocenters. The van der Waals surface area contributed by atoms with Crippen molar-refractivity contribution in [3.8, 4) is 0 Å². The van der Waals surface area contributed by atoms with Gasteiger partial charge in [-0.2, -0.15) is 75.8 Å². The Hall–Kier alpha value is -4.07. The minimum Gasteiger partial charge on any atom is -0.465 e. The summed E-state index contributed by atoms with van der Waals surface area (Å²) in [4.78, 5) is 111. The van der Waals surface area contributed by atoms with Gasteiger partial charge in [0.25, 0.3) is 11.8 Å². The van der Waals surface area contributed by atoms with Crippen LogP contribution in [0.2, 0.25) is 0 Å². The lowest BCUT2D eigenvalue weighted by molar-refractivity contribution is -0.174. The highest BCUT2D eigenvalue weighted by molar-refractivity contribution is 7.81. The van der Waals surface area contributed by atoms with Crippen molar-refractivity contribution in [1.29, 1.82) is 0 Å². The Labute approximate surface area is 440 Å². The van der Waals surface area contributed by atoms with Gasteiger partial charge in [0.1, 0.15) is 46.2 Å². The molecule has 1 aliphatic heterocycles. The molecule has 0 radical (unpaired) electrons. The Balaban J connectivity index is 0.000000599. The molecule has 0 spiro atoms. The van der Waals surface area contributed by atoms with E-state index in [1.54, 1.807) is 24.3 Å². The summed E-state index contributed by atoms with van der Waals surface area (Å²) in [5, 5.41) is 1.54. The number of hydrogen-bond donors (Lipinski definition) is 6. The molecule has 1 aliphatic rings. The van der Waals surface area contributed by atoms with Crippen molar-refractivity contribution in [3.63, 3.8) is 0 Å². The van der Waals surface area contributed by atoms with Crippen molar-refractivity contribution in [2.75, 3.05) is 101 Å². The van der Waals surface area contributed by atoms with E-state index >= 15 is 0 Å². The summed E-state index contributed by atoms with van der Waals surface area (Å²) < 4.78 is 43.6. The molecule has 1 heterocycles. The highest BCUT2D eigenvalue weighted by atomic mass is 32.1. The van der Waals surface area contributed by atoms with Gasteiger partial charge >= 0.3 is 41.8 Å². The SMILES string of the molecule is C=C(C)C(=O)OCCN1C(=O)c2cccc3cccc(c23)C1=O.O=C(CCS)OCC(COCC(COC(=O)CCS)(COC(=O)CCS)COC(=O)CCS)(COC(=O)CCS)COC(=O)CCS. The van der Waals surface area contributed by atoms with Gasteiger partial charge in [-0.15, -0.1) is 0 Å². The highest BCUT2D eigenvalue weighted by Gasteiger charge is 2.41. The number of carbonyl (C=O) groups excluding carboxylic acids is 9. The molecule has 2 amide bonds. The normalized spacial score (nSPS) is 12.0. The number of thiol groups is 6. The molecule has 0 fully saturated rings. The summed E-state index contributed by atoms with van der Waals surface area (Å²) in [5.41, 5.74) is -1.57. The van der Waals surface area contributed by atoms with E-state index in [1.807, 2.05) is 12.1 Å². The van der Waals surface area contributed by atoms with Gasteiger partial charge in [0, 0.05) is 56.6 Å². The smallest absolute Gasteiger partial charge is 0.333 e. The quantitative estimate of drug-likeness (QED) is 0.0192. The molecule has 388 valence electrons. The maximum absolute atomic E-state index is 12.6. The summed E-state index contributed by atoms with van der Waals surface area (Å²) in [6.07, 6.45) is -0.113. The topological polar surface area (TPSA) is 231 Å². The molecular weight excluding hydrogens is 1030 g/mol. The third kappa shape index (κ3) is 21.7. The molecule has 0 saturated heterocycles. The standard InChI is InChI=1S/C28H46O13S6.C18H15NO4/c29-21(1-7-42)36-15-27(16-37-22(30)2-8-43,17-38-23(31)3-9-44)13-35-14-28(18-39-24(32)4-10-45,19-40-25(33)5-11-46)20-41-26(34)6-12-47;1-11(2)18(22)23-10-9-19-16(20)13-7-3-5-12-6-4-8-14(15(12)13)17(19)21/h42-47H,1-20H2;3-8H,1,9-10H2,2H3. The van der Waals surface area contributed by atoms with Crippen LogP contribution in [0.5, 0.6) is 0 Å². The minimum absolute atomic E-state index is 0.0153. The first-order valence-corrected chi connectivity index (χ1v) is 25.6. The van der Waals surface area contributed by atoms with Gasteiger partial charge in [-0.05, 0) is 24.4 Å². The van der Waals surface area contributed by atoms with Gasteiger partial charge in [-0.3, -0.25) is 43.3 Å². The van der Waals surface area contributed by atoms with Crippen LogP contribution >= 0.6 is 75.8 Å². The van der Waals surface area contributed by atoms with Gasteiger partial charge in [0.05, 0.1) is 69.1 Å². The van der Waals surface area contributed by atoms with Gasteiger partial charge in [-0.25, -0.2) is 4.79 Å². The van der Waals surface area contributed by atoms with Crippen LogP contribution in [0.15, 0.2) is 48.6 Å². The number of amides is 2. The Bertz CT molecular complexity index is 1890. The summed E-state index contributed by atoms with van der Waals surface area (Å²) in [6, 6.07) is 10.7. The van der Waals surface area contributed by atoms with Crippen LogP contribution in [0.1, 0.15) is 66.2 Å². The third-order valence-electron chi connectivity index (χ3n) is 9.70. The molecule has 0 aromatic heterocycles. The van der Waals surface area contributed by atoms with Crippen LogP contribution in [-0.2, 0) is 71.5 Å². The van der Waals surface area contributed by atoms with Crippen molar-refractivity contribution in [1.82, 2.24) is 4.90 Å². The number of hydrogen-bond acceptors (Lipinski definition) is 23. The first kappa shape index (κ1) is 62.0. The van der Waals surface area contributed by atoms with Crippen LogP contribution in [0, 0.1) is 10.8 Å². The second-order valence-corrected chi connectivity index (χ2v) is 18.4. The van der Waals surface area contributed by atoms with E-state index < -0.39 is 52.6 Å². The highest BCUT2D eigenvalue weighted by Crippen LogP contribution is 2.30. The first-order valence-electron chi connectivity index (χ1n) is 21.8. The van der Waals surface area contributed by atoms with E-state index in [1.165, 1.54) is 6.92 Å². The molecule has 0 atom stereocenters. The summed E-state index contributed by atoms with van der Waals surface area (Å²) >= 11 is 24.2. The molecular formula is C46H61NO17S6. The van der Waals surface area contributed by atoms with Crippen molar-refractivity contribution in [3.05, 3.63) is 59.7 Å². The number of ether oxygens (including phenoxy) is 8. The van der Waals surface area contributed by atoms with E-state index in [-0.39, 0.29) is 156 Å². The van der Waals surface area contributed by atoms with E-state index in [0.29, 0.717) is 16.5 Å². The number of imide groups is 1. The number of benzene rings is 2. The maximum atomic E-state index is 12.6. The molecule has 3 rings (SSSR count). The van der Waals surface area contributed by atoms with Crippen LogP contribution in [0.4, 0.5) is 0 Å². The zero-order valence-corrected chi connectivity index (χ0v) is 44.2. The molecule has 0 aliphatic carbocycles. The second kappa shape index (κ2) is 33.6. The summed E-state index contributed by atoms with van der Waals surface area (Å²) in [5.74, 6) is -3.65. The summed E-state index contributed by atoms with van der Waals surface area (Å²) in [7, 11) is 0. The Morgan fingerprint density at radius 2 is 0.786 bits per heavy atom. The first-order chi connectivity index (χ1) is 33.4. The Morgan fingerprint density at radius 1 is 0.486 bits per heavy atom. The number of esters is 7. The fraction of sp³-hybridized carbons (Fsp3) is 0.543. The predicted octanol–water partition coefficient (Wildman–Crippen LogP) is 4.71. The van der Waals surface area contributed by atoms with Crippen molar-refractivity contribution >= 4 is 140 Å². The molecule has 24 heteroatoms. The van der Waals surface area contributed by atoms with Crippen molar-refractivity contribution in [2.45, 2.75) is 45.4 Å². The number of nitrogens with zero attached hydrogens (tertiary/aromatic N) is 1. The monoisotopic (exact) mass is 1090 g/mol. The average Bonchev–Trinajstić information content (AvgIpc) is 3.33. The van der Waals surface area contributed by atoms with Gasteiger partial charge in [0.15, 0.2) is 0 Å². The minimum atomic E-state index is -1.41. The second-order valence-electron chi connectivity index (χ2n) is 15.7. The van der Waals surface area contributed by atoms with Gasteiger partial charge < -0.3 is 37.9 Å². The van der Waals surface area contributed by atoms with Gasteiger partial charge in [0.2, 0.25) is 0 Å². The Morgan fingerprint density at radius 3 is 1.06 bits per heavy atom. The molecule has 0 saturated carbocycles. The van der Waals surface area contributed by atoms with Crippen LogP contribution in [0.3, 0.4) is 0 Å². The number of rotatable bonds is 32. The Kier molecular flexibility index (Phi) is 29.7. The third-order valence-corrected chi connectivity index (χ3v) is 11.0. The van der Waals surface area contributed by atoms with Crippen LogP contribution < -0.4 is 0 Å². The molecule has 0 bridgehead atoms. The van der Waals surface area contributed by atoms with E-state index in [2.05, 4.69) is 82.4 Å². The molecule has 2 aromatic carbocycles. The largest absolute Gasteiger partial charge is 0.465 e. The molecule has 2 aromatic rings. The van der Waals surface area contributed by atoms with Crippen molar-refractivity contribution in [2.24, 2.45) is 10.8 Å². The van der Waals surface area contributed by atoms with Crippen LogP contribution in [0.25, 0.3) is 10.8 Å². The van der Waals surface area contributed by atoms with E-state index in [9.17, 15) is 43.2 Å². The van der Waals surface area contributed by atoms with Gasteiger partial charge in [-0.1, -0.05) is 30.8 Å². The predicted molar refractivity (Wildman–Crippen MR) is 277 cm³/mol. The molecule has 70 heavy (non-hydrogen) atoms. The van der Waals surface area contributed by atoms with E-state index in [4.69, 9.17) is 37.9 Å². The lowest BCUT2D eigenvalue weighted by Crippen LogP contribution is -2.47. The number of carbonyl (C=O) groups is 9. The van der Waals surface area contributed by atoms with Crippen molar-refractivity contribution < 1.29 is 81.0 Å². The fourth-order valence-corrected chi connectivity index (χ4v) is 7.10. The zero-order chi connectivity index (χ0) is 52.1. The maximum Gasteiger partial charge on any atom is 0.333 e. The molecule has 18 nitrogen and oxygen atoms in total. The average molecular weight is 1090 g/mol. The van der Waals surface area contributed by atoms with E-state index in [0.717, 1.165) is 10.3 Å². The lowest BCUT2D eigenvalue weighted by Gasteiger charge is -2.35. The summed E-state index contributed by atoms with van der Waals surface area (Å²) in [6.45, 7) is 1.96. The zero-order valence-electron chi connectivity index (χ0n) is 38.8.